The molecule has 0 amide bonds. The lowest BCUT2D eigenvalue weighted by Crippen LogP contribution is -2.22. The van der Waals surface area contributed by atoms with Crippen molar-refractivity contribution in [2.24, 2.45) is 5.41 Å². The van der Waals surface area contributed by atoms with Gasteiger partial charge in [0.2, 0.25) is 0 Å². The highest BCUT2D eigenvalue weighted by molar-refractivity contribution is 5.01. The Morgan fingerprint density at radius 2 is 2.21 bits per heavy atom. The zero-order chi connectivity index (χ0) is 10.0. The molecular formula is C12H23NO. The van der Waals surface area contributed by atoms with Gasteiger partial charge in [-0.1, -0.05) is 13.8 Å². The second-order valence-corrected chi connectivity index (χ2v) is 5.48. The summed E-state index contributed by atoms with van der Waals surface area (Å²) in [5.74, 6) is 0. The SMILES string of the molecule is CC1(C)CC1NCCCC1CCCO1. The van der Waals surface area contributed by atoms with Crippen LogP contribution in [-0.4, -0.2) is 25.3 Å². The predicted octanol–water partition coefficient (Wildman–Crippen LogP) is 2.33. The normalized spacial score (nSPS) is 34.7. The quantitative estimate of drug-likeness (QED) is 0.683. The van der Waals surface area contributed by atoms with Crippen molar-refractivity contribution in [2.45, 2.75) is 58.1 Å². The first-order valence-electron chi connectivity index (χ1n) is 6.03. The molecule has 0 aromatic carbocycles. The Hall–Kier alpha value is -0.0800. The summed E-state index contributed by atoms with van der Waals surface area (Å²) in [6, 6.07) is 0.784. The zero-order valence-corrected chi connectivity index (χ0v) is 9.51. The van der Waals surface area contributed by atoms with Gasteiger partial charge < -0.3 is 10.1 Å². The summed E-state index contributed by atoms with van der Waals surface area (Å²) in [4.78, 5) is 0. The van der Waals surface area contributed by atoms with Crippen molar-refractivity contribution >= 4 is 0 Å². The molecule has 0 aromatic heterocycles. The van der Waals surface area contributed by atoms with Crippen LogP contribution in [0.5, 0.6) is 0 Å². The highest BCUT2D eigenvalue weighted by Gasteiger charge is 2.44. The molecule has 1 aliphatic carbocycles. The molecule has 1 saturated carbocycles. The fraction of sp³-hybridized carbons (Fsp3) is 1.00. The maximum atomic E-state index is 5.59. The topological polar surface area (TPSA) is 21.3 Å². The lowest BCUT2D eigenvalue weighted by atomic mass is 10.1. The largest absolute Gasteiger partial charge is 0.378 e. The second-order valence-electron chi connectivity index (χ2n) is 5.48. The van der Waals surface area contributed by atoms with Gasteiger partial charge in [0.1, 0.15) is 0 Å². The Labute approximate surface area is 87.4 Å². The van der Waals surface area contributed by atoms with Crippen LogP contribution >= 0.6 is 0 Å². The average molecular weight is 197 g/mol. The van der Waals surface area contributed by atoms with E-state index in [1.165, 1.54) is 38.6 Å². The van der Waals surface area contributed by atoms with E-state index in [4.69, 9.17) is 4.74 Å². The zero-order valence-electron chi connectivity index (χ0n) is 9.51. The molecular weight excluding hydrogens is 174 g/mol. The molecule has 82 valence electrons. The summed E-state index contributed by atoms with van der Waals surface area (Å²) < 4.78 is 5.59. The van der Waals surface area contributed by atoms with Crippen molar-refractivity contribution in [2.75, 3.05) is 13.2 Å². The van der Waals surface area contributed by atoms with E-state index in [-0.39, 0.29) is 0 Å². The summed E-state index contributed by atoms with van der Waals surface area (Å²) in [5, 5.41) is 3.62. The third-order valence-electron chi connectivity index (χ3n) is 3.63. The molecule has 1 N–H and O–H groups in total. The lowest BCUT2D eigenvalue weighted by molar-refractivity contribution is 0.102. The molecule has 1 heterocycles. The minimum absolute atomic E-state index is 0.573. The van der Waals surface area contributed by atoms with Gasteiger partial charge in [0.15, 0.2) is 0 Å². The highest BCUT2D eigenvalue weighted by Crippen LogP contribution is 2.44. The minimum Gasteiger partial charge on any atom is -0.378 e. The Morgan fingerprint density at radius 3 is 2.79 bits per heavy atom. The molecule has 0 aromatic rings. The van der Waals surface area contributed by atoms with Crippen molar-refractivity contribution in [1.82, 2.24) is 5.32 Å². The van der Waals surface area contributed by atoms with Gasteiger partial charge in [0.05, 0.1) is 6.10 Å². The maximum Gasteiger partial charge on any atom is 0.0576 e. The third-order valence-corrected chi connectivity index (χ3v) is 3.63. The number of rotatable bonds is 5. The van der Waals surface area contributed by atoms with Gasteiger partial charge in [-0.2, -0.15) is 0 Å². The van der Waals surface area contributed by atoms with Crippen molar-refractivity contribution < 1.29 is 4.74 Å². The van der Waals surface area contributed by atoms with E-state index in [0.29, 0.717) is 11.5 Å². The van der Waals surface area contributed by atoms with Gasteiger partial charge in [0.25, 0.3) is 0 Å². The molecule has 2 heteroatoms. The van der Waals surface area contributed by atoms with E-state index in [2.05, 4.69) is 19.2 Å². The Balaban J connectivity index is 1.48. The summed E-state index contributed by atoms with van der Waals surface area (Å²) in [5.41, 5.74) is 0.573. The molecule has 0 bridgehead atoms. The minimum atomic E-state index is 0.573. The van der Waals surface area contributed by atoms with Crippen molar-refractivity contribution in [3.05, 3.63) is 0 Å². The molecule has 2 aliphatic rings. The van der Waals surface area contributed by atoms with Gasteiger partial charge in [-0.15, -0.1) is 0 Å². The number of hydrogen-bond acceptors (Lipinski definition) is 2. The molecule has 1 aliphatic heterocycles. The van der Waals surface area contributed by atoms with Crippen LogP contribution in [-0.2, 0) is 4.74 Å². The number of ether oxygens (including phenoxy) is 1. The molecule has 2 unspecified atom stereocenters. The summed E-state index contributed by atoms with van der Waals surface area (Å²) in [6.45, 7) is 6.84. The van der Waals surface area contributed by atoms with E-state index in [0.717, 1.165) is 12.6 Å². The van der Waals surface area contributed by atoms with Gasteiger partial charge in [-0.05, 0) is 44.1 Å². The van der Waals surface area contributed by atoms with Crippen molar-refractivity contribution in [3.8, 4) is 0 Å². The summed E-state index contributed by atoms with van der Waals surface area (Å²) in [7, 11) is 0. The number of nitrogens with one attached hydrogen (secondary N) is 1. The van der Waals surface area contributed by atoms with Crippen LogP contribution in [0, 0.1) is 5.41 Å². The molecule has 2 fully saturated rings. The van der Waals surface area contributed by atoms with E-state index < -0.39 is 0 Å². The van der Waals surface area contributed by atoms with Crippen LogP contribution in [0.3, 0.4) is 0 Å². The van der Waals surface area contributed by atoms with E-state index in [9.17, 15) is 0 Å². The molecule has 2 rings (SSSR count). The molecule has 14 heavy (non-hydrogen) atoms. The van der Waals surface area contributed by atoms with Gasteiger partial charge in [0, 0.05) is 12.6 Å². The summed E-state index contributed by atoms with van der Waals surface area (Å²) >= 11 is 0. The lowest BCUT2D eigenvalue weighted by Gasteiger charge is -2.10. The first kappa shape index (κ1) is 10.4. The number of hydrogen-bond donors (Lipinski definition) is 1. The van der Waals surface area contributed by atoms with E-state index in [1.807, 2.05) is 0 Å². The Bertz CT molecular complexity index is 178. The smallest absolute Gasteiger partial charge is 0.0576 e. The van der Waals surface area contributed by atoms with Crippen LogP contribution in [0.2, 0.25) is 0 Å². The first-order valence-corrected chi connectivity index (χ1v) is 6.03. The Kier molecular flexibility index (Phi) is 3.13. The fourth-order valence-corrected chi connectivity index (χ4v) is 2.29. The van der Waals surface area contributed by atoms with Crippen LogP contribution < -0.4 is 5.32 Å². The second kappa shape index (κ2) is 4.19. The van der Waals surface area contributed by atoms with Crippen molar-refractivity contribution in [3.63, 3.8) is 0 Å². The molecule has 2 nitrogen and oxygen atoms in total. The maximum absolute atomic E-state index is 5.59. The van der Waals surface area contributed by atoms with Gasteiger partial charge in [-0.25, -0.2) is 0 Å². The molecule has 0 radical (unpaired) electrons. The Morgan fingerprint density at radius 1 is 1.43 bits per heavy atom. The van der Waals surface area contributed by atoms with Crippen molar-refractivity contribution in [1.29, 1.82) is 0 Å². The third kappa shape index (κ3) is 2.71. The predicted molar refractivity (Wildman–Crippen MR) is 58.4 cm³/mol. The van der Waals surface area contributed by atoms with Crippen LogP contribution in [0.15, 0.2) is 0 Å². The van der Waals surface area contributed by atoms with Gasteiger partial charge in [-0.3, -0.25) is 0 Å². The van der Waals surface area contributed by atoms with Crippen LogP contribution in [0.4, 0.5) is 0 Å². The van der Waals surface area contributed by atoms with Crippen LogP contribution in [0.1, 0.15) is 46.0 Å². The fourth-order valence-electron chi connectivity index (χ4n) is 2.29. The van der Waals surface area contributed by atoms with E-state index in [1.54, 1.807) is 0 Å². The first-order chi connectivity index (χ1) is 6.68. The standard InChI is InChI=1S/C12H23NO/c1-12(2)9-11(12)13-7-3-5-10-6-4-8-14-10/h10-11,13H,3-9H2,1-2H3. The summed E-state index contributed by atoms with van der Waals surface area (Å²) in [6.07, 6.45) is 7.01. The molecule has 0 spiro atoms. The van der Waals surface area contributed by atoms with Gasteiger partial charge >= 0.3 is 0 Å². The van der Waals surface area contributed by atoms with E-state index >= 15 is 0 Å². The molecule has 2 atom stereocenters. The highest BCUT2D eigenvalue weighted by atomic mass is 16.5. The van der Waals surface area contributed by atoms with Crippen LogP contribution in [0.25, 0.3) is 0 Å². The monoisotopic (exact) mass is 197 g/mol. The average Bonchev–Trinajstić information content (AvgIpc) is 2.60. The molecule has 1 saturated heterocycles.